The number of rotatable bonds is 6. The molecule has 31 heavy (non-hydrogen) atoms. The largest absolute Gasteiger partial charge is 0.322 e. The van der Waals surface area contributed by atoms with Gasteiger partial charge in [0.2, 0.25) is 10.0 Å². The van der Waals surface area contributed by atoms with Crippen molar-refractivity contribution in [1.29, 1.82) is 0 Å². The van der Waals surface area contributed by atoms with Gasteiger partial charge < -0.3 is 5.32 Å². The number of carbonyl (C=O) groups is 1. The van der Waals surface area contributed by atoms with Crippen LogP contribution in [0.4, 0.5) is 5.69 Å². The summed E-state index contributed by atoms with van der Waals surface area (Å²) in [6.45, 7) is 8.32. The predicted octanol–water partition coefficient (Wildman–Crippen LogP) is 5.02. The lowest BCUT2D eigenvalue weighted by Crippen LogP contribution is -2.23. The van der Waals surface area contributed by atoms with Gasteiger partial charge in [-0.05, 0) is 59.4 Å². The smallest absolute Gasteiger partial charge is 0.255 e. The highest BCUT2D eigenvalue weighted by Crippen LogP contribution is 2.23. The Kier molecular flexibility index (Phi) is 6.62. The fourth-order valence-corrected chi connectivity index (χ4v) is 4.10. The molecule has 1 amide bonds. The number of sulfonamides is 1. The summed E-state index contributed by atoms with van der Waals surface area (Å²) in [4.78, 5) is 12.7. The van der Waals surface area contributed by atoms with E-state index >= 15 is 0 Å². The molecule has 0 aliphatic rings. The monoisotopic (exact) mass is 436 g/mol. The van der Waals surface area contributed by atoms with Crippen LogP contribution < -0.4 is 10.0 Å². The highest BCUT2D eigenvalue weighted by Gasteiger charge is 2.17. The molecular weight excluding hydrogens is 408 g/mol. The Hall–Kier alpha value is -2.96. The number of hydrogen-bond donors (Lipinski definition) is 2. The van der Waals surface area contributed by atoms with Gasteiger partial charge in [0.1, 0.15) is 0 Å². The zero-order chi connectivity index (χ0) is 22.6. The molecule has 0 radical (unpaired) electrons. The summed E-state index contributed by atoms with van der Waals surface area (Å²) in [7, 11) is -3.62. The molecule has 162 valence electrons. The van der Waals surface area contributed by atoms with Crippen molar-refractivity contribution in [2.45, 2.75) is 44.6 Å². The van der Waals surface area contributed by atoms with Crippen LogP contribution in [0.3, 0.4) is 0 Å². The summed E-state index contributed by atoms with van der Waals surface area (Å²) in [6, 6.07) is 21.4. The van der Waals surface area contributed by atoms with Gasteiger partial charge in [0.25, 0.3) is 5.91 Å². The Balaban J connectivity index is 1.63. The van der Waals surface area contributed by atoms with Gasteiger partial charge in [0.05, 0.1) is 4.90 Å². The fraction of sp³-hybridized carbons (Fsp3) is 0.240. The third-order valence-electron chi connectivity index (χ3n) is 5.11. The van der Waals surface area contributed by atoms with E-state index in [-0.39, 0.29) is 22.8 Å². The molecule has 2 N–H and O–H groups in total. The molecule has 0 saturated heterocycles. The molecule has 5 nitrogen and oxygen atoms in total. The maximum absolute atomic E-state index is 12.6. The average molecular weight is 437 g/mol. The Labute approximate surface area is 184 Å². The molecule has 0 spiro atoms. The lowest BCUT2D eigenvalue weighted by Gasteiger charge is -2.19. The Morgan fingerprint density at radius 1 is 0.871 bits per heavy atom. The topological polar surface area (TPSA) is 75.3 Å². The summed E-state index contributed by atoms with van der Waals surface area (Å²) in [5.41, 5.74) is 4.06. The highest BCUT2D eigenvalue weighted by atomic mass is 32.2. The van der Waals surface area contributed by atoms with Gasteiger partial charge in [-0.3, -0.25) is 4.79 Å². The number of hydrogen-bond acceptors (Lipinski definition) is 3. The van der Waals surface area contributed by atoms with E-state index in [1.807, 2.05) is 43.3 Å². The number of carbonyl (C=O) groups excluding carboxylic acids is 1. The number of nitrogens with one attached hydrogen (secondary N) is 2. The first-order valence-electron chi connectivity index (χ1n) is 10.1. The molecule has 3 aromatic rings. The van der Waals surface area contributed by atoms with Gasteiger partial charge in [0, 0.05) is 17.8 Å². The van der Waals surface area contributed by atoms with Crippen LogP contribution in [0.2, 0.25) is 0 Å². The summed E-state index contributed by atoms with van der Waals surface area (Å²) >= 11 is 0. The van der Waals surface area contributed by atoms with Crippen molar-refractivity contribution in [3.05, 3.63) is 95.1 Å². The SMILES string of the molecule is Cc1ccccc1NC(=O)c1ccc(CNS(=O)(=O)c2ccc(C(C)(C)C)cc2)cc1. The number of aryl methyl sites for hydroxylation is 1. The minimum atomic E-state index is -3.62. The number of anilines is 1. The first-order valence-corrected chi connectivity index (χ1v) is 11.6. The van der Waals surface area contributed by atoms with Crippen molar-refractivity contribution in [3.63, 3.8) is 0 Å². The summed E-state index contributed by atoms with van der Waals surface area (Å²) in [6.07, 6.45) is 0. The van der Waals surface area contributed by atoms with Gasteiger partial charge in [-0.25, -0.2) is 13.1 Å². The molecule has 0 atom stereocenters. The van der Waals surface area contributed by atoms with Crippen molar-refractivity contribution in [2.24, 2.45) is 0 Å². The zero-order valence-corrected chi connectivity index (χ0v) is 19.1. The standard InChI is InChI=1S/C25H28N2O3S/c1-18-7-5-6-8-23(18)27-24(28)20-11-9-19(10-12-20)17-26-31(29,30)22-15-13-21(14-16-22)25(2,3)4/h5-16,26H,17H2,1-4H3,(H,27,28). The van der Waals surface area contributed by atoms with E-state index in [1.165, 1.54) is 0 Å². The van der Waals surface area contributed by atoms with E-state index < -0.39 is 10.0 Å². The second-order valence-electron chi connectivity index (χ2n) is 8.56. The second kappa shape index (κ2) is 9.04. The van der Waals surface area contributed by atoms with E-state index in [2.05, 4.69) is 30.8 Å². The fourth-order valence-electron chi connectivity index (χ4n) is 3.08. The molecule has 3 rings (SSSR count). The minimum Gasteiger partial charge on any atom is -0.322 e. The van der Waals surface area contributed by atoms with Crippen LogP contribution in [0.15, 0.2) is 77.7 Å². The van der Waals surface area contributed by atoms with Crippen LogP contribution in [0.25, 0.3) is 0 Å². The highest BCUT2D eigenvalue weighted by molar-refractivity contribution is 7.89. The van der Waals surface area contributed by atoms with E-state index in [1.54, 1.807) is 36.4 Å². The molecule has 0 heterocycles. The second-order valence-corrected chi connectivity index (χ2v) is 10.3. The van der Waals surface area contributed by atoms with Gasteiger partial charge in [-0.1, -0.05) is 63.2 Å². The molecule has 3 aromatic carbocycles. The maximum Gasteiger partial charge on any atom is 0.255 e. The van der Waals surface area contributed by atoms with Gasteiger partial charge >= 0.3 is 0 Å². The van der Waals surface area contributed by atoms with Crippen LogP contribution in [0.1, 0.15) is 47.8 Å². The normalized spacial score (nSPS) is 11.9. The van der Waals surface area contributed by atoms with Crippen molar-refractivity contribution in [1.82, 2.24) is 4.72 Å². The third kappa shape index (κ3) is 5.81. The number of amides is 1. The van der Waals surface area contributed by atoms with Crippen LogP contribution in [-0.2, 0) is 22.0 Å². The van der Waals surface area contributed by atoms with Crippen LogP contribution in [-0.4, -0.2) is 14.3 Å². The lowest BCUT2D eigenvalue weighted by molar-refractivity contribution is 0.102. The minimum absolute atomic E-state index is 0.0387. The summed E-state index contributed by atoms with van der Waals surface area (Å²) in [5, 5.41) is 2.89. The van der Waals surface area contributed by atoms with Crippen molar-refractivity contribution in [2.75, 3.05) is 5.32 Å². The molecule has 0 unspecified atom stereocenters. The van der Waals surface area contributed by atoms with Crippen LogP contribution in [0.5, 0.6) is 0 Å². The molecule has 0 bridgehead atoms. The van der Waals surface area contributed by atoms with Crippen LogP contribution >= 0.6 is 0 Å². The maximum atomic E-state index is 12.6. The number of benzene rings is 3. The van der Waals surface area contributed by atoms with Gasteiger partial charge in [-0.2, -0.15) is 0 Å². The zero-order valence-electron chi connectivity index (χ0n) is 18.3. The lowest BCUT2D eigenvalue weighted by atomic mass is 9.87. The Bertz CT molecular complexity index is 1160. The van der Waals surface area contributed by atoms with Crippen molar-refractivity contribution in [3.8, 4) is 0 Å². The van der Waals surface area contributed by atoms with E-state index in [9.17, 15) is 13.2 Å². The third-order valence-corrected chi connectivity index (χ3v) is 6.52. The van der Waals surface area contributed by atoms with E-state index in [0.717, 1.165) is 22.4 Å². The first kappa shape index (κ1) is 22.7. The van der Waals surface area contributed by atoms with Crippen molar-refractivity contribution >= 4 is 21.6 Å². The molecule has 0 saturated carbocycles. The molecule has 0 fully saturated rings. The molecule has 0 aliphatic heterocycles. The predicted molar refractivity (Wildman–Crippen MR) is 125 cm³/mol. The first-order chi connectivity index (χ1) is 14.6. The van der Waals surface area contributed by atoms with Gasteiger partial charge in [0.15, 0.2) is 0 Å². The quantitative estimate of drug-likeness (QED) is 0.569. The Morgan fingerprint density at radius 2 is 1.48 bits per heavy atom. The summed E-state index contributed by atoms with van der Waals surface area (Å²) in [5.74, 6) is -0.208. The average Bonchev–Trinajstić information content (AvgIpc) is 2.74. The summed E-state index contributed by atoms with van der Waals surface area (Å²) < 4.78 is 27.8. The number of para-hydroxylation sites is 1. The van der Waals surface area contributed by atoms with Crippen LogP contribution in [0, 0.1) is 6.92 Å². The Morgan fingerprint density at radius 3 is 2.06 bits per heavy atom. The molecular formula is C25H28N2O3S. The van der Waals surface area contributed by atoms with E-state index in [0.29, 0.717) is 5.56 Å². The molecule has 0 aromatic heterocycles. The molecule has 6 heteroatoms. The van der Waals surface area contributed by atoms with Gasteiger partial charge in [-0.15, -0.1) is 0 Å². The van der Waals surface area contributed by atoms with E-state index in [4.69, 9.17) is 0 Å². The van der Waals surface area contributed by atoms with Crippen molar-refractivity contribution < 1.29 is 13.2 Å². The molecule has 0 aliphatic carbocycles.